The summed E-state index contributed by atoms with van der Waals surface area (Å²) in [7, 11) is 0. The Hall–Kier alpha value is -1.31. The molecule has 0 unspecified atom stereocenters. The Balaban J connectivity index is 2.22. The minimum atomic E-state index is 0.282. The molecular formula is C12H12O2. The van der Waals surface area contributed by atoms with Gasteiger partial charge in [0.05, 0.1) is 6.61 Å². The van der Waals surface area contributed by atoms with E-state index in [-0.39, 0.29) is 5.78 Å². The number of carbonyl (C=O) groups is 1. The molecule has 2 heteroatoms. The average Bonchev–Trinajstić information content (AvgIpc) is 2.66. The number of ether oxygens (including phenoxy) is 1. The standard InChI is InChI=1S/C12H12O2/c13-11-3-1-2-10-9(11)5-4-8-6-7-14-12(8)10/h4-5H,1-3,6-7H2. The summed E-state index contributed by atoms with van der Waals surface area (Å²) in [6, 6.07) is 4.02. The van der Waals surface area contributed by atoms with Crippen molar-refractivity contribution in [3.05, 3.63) is 28.8 Å². The summed E-state index contributed by atoms with van der Waals surface area (Å²) < 4.78 is 5.59. The van der Waals surface area contributed by atoms with Crippen LogP contribution in [0.25, 0.3) is 0 Å². The minimum Gasteiger partial charge on any atom is -0.493 e. The van der Waals surface area contributed by atoms with E-state index in [0.717, 1.165) is 42.7 Å². The monoisotopic (exact) mass is 188 g/mol. The highest BCUT2D eigenvalue weighted by atomic mass is 16.5. The molecule has 14 heavy (non-hydrogen) atoms. The first-order valence-corrected chi connectivity index (χ1v) is 5.17. The highest BCUT2D eigenvalue weighted by Gasteiger charge is 2.24. The highest BCUT2D eigenvalue weighted by molar-refractivity contribution is 5.99. The van der Waals surface area contributed by atoms with E-state index < -0.39 is 0 Å². The van der Waals surface area contributed by atoms with Crippen molar-refractivity contribution in [2.75, 3.05) is 6.61 Å². The number of hydrogen-bond acceptors (Lipinski definition) is 2. The van der Waals surface area contributed by atoms with Crippen molar-refractivity contribution in [3.8, 4) is 5.75 Å². The first-order chi connectivity index (χ1) is 6.86. The molecule has 0 amide bonds. The molecule has 2 aliphatic rings. The lowest BCUT2D eigenvalue weighted by molar-refractivity contribution is 0.0971. The molecule has 2 nitrogen and oxygen atoms in total. The number of Topliss-reactive ketones (excluding diaryl/α,β-unsaturated/α-hetero) is 1. The van der Waals surface area contributed by atoms with Crippen molar-refractivity contribution in [1.29, 1.82) is 0 Å². The first kappa shape index (κ1) is 8.04. The summed E-state index contributed by atoms with van der Waals surface area (Å²) in [6.07, 6.45) is 3.68. The lowest BCUT2D eigenvalue weighted by Gasteiger charge is -2.17. The second kappa shape index (κ2) is 2.84. The molecular weight excluding hydrogens is 176 g/mol. The Morgan fingerprint density at radius 2 is 2.07 bits per heavy atom. The molecule has 0 aromatic heterocycles. The van der Waals surface area contributed by atoms with Gasteiger partial charge in [0, 0.05) is 24.0 Å². The number of hydrogen-bond donors (Lipinski definition) is 0. The zero-order valence-corrected chi connectivity index (χ0v) is 8.01. The largest absolute Gasteiger partial charge is 0.493 e. The Kier molecular flexibility index (Phi) is 1.63. The van der Waals surface area contributed by atoms with Crippen molar-refractivity contribution in [1.82, 2.24) is 0 Å². The van der Waals surface area contributed by atoms with E-state index in [1.807, 2.05) is 12.1 Å². The van der Waals surface area contributed by atoms with E-state index >= 15 is 0 Å². The third kappa shape index (κ3) is 0.999. The molecule has 1 aliphatic carbocycles. The van der Waals surface area contributed by atoms with Gasteiger partial charge in [0.1, 0.15) is 5.75 Å². The second-order valence-electron chi connectivity index (χ2n) is 3.96. The maximum absolute atomic E-state index is 11.6. The van der Waals surface area contributed by atoms with Crippen LogP contribution in [-0.2, 0) is 12.8 Å². The van der Waals surface area contributed by atoms with Gasteiger partial charge >= 0.3 is 0 Å². The van der Waals surface area contributed by atoms with E-state index in [1.54, 1.807) is 0 Å². The Morgan fingerprint density at radius 3 is 3.00 bits per heavy atom. The summed E-state index contributed by atoms with van der Waals surface area (Å²) in [6.45, 7) is 0.778. The van der Waals surface area contributed by atoms with Gasteiger partial charge in [-0.2, -0.15) is 0 Å². The van der Waals surface area contributed by atoms with Gasteiger partial charge in [-0.3, -0.25) is 4.79 Å². The number of rotatable bonds is 0. The number of ketones is 1. The van der Waals surface area contributed by atoms with Crippen molar-refractivity contribution >= 4 is 5.78 Å². The van der Waals surface area contributed by atoms with Gasteiger partial charge in [-0.25, -0.2) is 0 Å². The molecule has 1 aromatic carbocycles. The van der Waals surface area contributed by atoms with E-state index in [0.29, 0.717) is 6.42 Å². The van der Waals surface area contributed by atoms with Crippen molar-refractivity contribution in [3.63, 3.8) is 0 Å². The van der Waals surface area contributed by atoms with Crippen LogP contribution >= 0.6 is 0 Å². The Bertz CT molecular complexity index is 407. The molecule has 0 saturated carbocycles. The van der Waals surface area contributed by atoms with Gasteiger partial charge in [0.2, 0.25) is 0 Å². The fourth-order valence-corrected chi connectivity index (χ4v) is 2.39. The maximum Gasteiger partial charge on any atom is 0.163 e. The summed E-state index contributed by atoms with van der Waals surface area (Å²) in [4.78, 5) is 11.6. The van der Waals surface area contributed by atoms with Crippen LogP contribution in [0.5, 0.6) is 5.75 Å². The molecule has 0 fully saturated rings. The molecule has 0 saturated heterocycles. The smallest absolute Gasteiger partial charge is 0.163 e. The Labute approximate surface area is 82.9 Å². The normalized spacial score (nSPS) is 18.7. The SMILES string of the molecule is O=C1CCCc2c1ccc1c2OCC1. The zero-order chi connectivity index (χ0) is 9.54. The van der Waals surface area contributed by atoms with Crippen LogP contribution in [0.1, 0.15) is 34.3 Å². The third-order valence-electron chi connectivity index (χ3n) is 3.09. The van der Waals surface area contributed by atoms with Crippen LogP contribution in [-0.4, -0.2) is 12.4 Å². The predicted molar refractivity (Wildman–Crippen MR) is 52.9 cm³/mol. The van der Waals surface area contributed by atoms with E-state index in [1.165, 1.54) is 5.56 Å². The van der Waals surface area contributed by atoms with E-state index in [4.69, 9.17) is 4.74 Å². The van der Waals surface area contributed by atoms with Crippen molar-refractivity contribution in [2.45, 2.75) is 25.7 Å². The molecule has 0 spiro atoms. The molecule has 0 atom stereocenters. The lowest BCUT2D eigenvalue weighted by atomic mass is 9.88. The van der Waals surface area contributed by atoms with Gasteiger partial charge in [-0.1, -0.05) is 12.1 Å². The van der Waals surface area contributed by atoms with Crippen LogP contribution < -0.4 is 4.74 Å². The van der Waals surface area contributed by atoms with Gasteiger partial charge < -0.3 is 4.74 Å². The van der Waals surface area contributed by atoms with Crippen molar-refractivity contribution < 1.29 is 9.53 Å². The summed E-state index contributed by atoms with van der Waals surface area (Å²) >= 11 is 0. The molecule has 1 heterocycles. The third-order valence-corrected chi connectivity index (χ3v) is 3.09. The quantitative estimate of drug-likeness (QED) is 0.623. The molecule has 0 radical (unpaired) electrons. The van der Waals surface area contributed by atoms with Crippen LogP contribution in [0, 0.1) is 0 Å². The summed E-state index contributed by atoms with van der Waals surface area (Å²) in [5.74, 6) is 1.29. The molecule has 0 bridgehead atoms. The first-order valence-electron chi connectivity index (χ1n) is 5.17. The lowest BCUT2D eigenvalue weighted by Crippen LogP contribution is -2.11. The maximum atomic E-state index is 11.6. The fraction of sp³-hybridized carbons (Fsp3) is 0.417. The molecule has 3 rings (SSSR count). The summed E-state index contributed by atoms with van der Waals surface area (Å²) in [5, 5.41) is 0. The number of fused-ring (bicyclic) bond motifs is 3. The van der Waals surface area contributed by atoms with E-state index in [2.05, 4.69) is 0 Å². The minimum absolute atomic E-state index is 0.282. The molecule has 0 N–H and O–H groups in total. The molecule has 1 aromatic rings. The van der Waals surface area contributed by atoms with Crippen LogP contribution in [0.3, 0.4) is 0 Å². The second-order valence-corrected chi connectivity index (χ2v) is 3.96. The van der Waals surface area contributed by atoms with Gasteiger partial charge in [-0.05, 0) is 18.4 Å². The highest BCUT2D eigenvalue weighted by Crippen LogP contribution is 2.35. The topological polar surface area (TPSA) is 26.3 Å². The summed E-state index contributed by atoms with van der Waals surface area (Å²) in [5.41, 5.74) is 3.34. The van der Waals surface area contributed by atoms with E-state index in [9.17, 15) is 4.79 Å². The number of benzene rings is 1. The van der Waals surface area contributed by atoms with Gasteiger partial charge in [0.25, 0.3) is 0 Å². The number of carbonyl (C=O) groups excluding carboxylic acids is 1. The van der Waals surface area contributed by atoms with Gasteiger partial charge in [0.15, 0.2) is 5.78 Å². The van der Waals surface area contributed by atoms with Crippen LogP contribution in [0.4, 0.5) is 0 Å². The van der Waals surface area contributed by atoms with Gasteiger partial charge in [-0.15, -0.1) is 0 Å². The predicted octanol–water partition coefficient (Wildman–Crippen LogP) is 2.14. The Morgan fingerprint density at radius 1 is 1.14 bits per heavy atom. The van der Waals surface area contributed by atoms with Crippen molar-refractivity contribution in [2.24, 2.45) is 0 Å². The van der Waals surface area contributed by atoms with Crippen LogP contribution in [0.15, 0.2) is 12.1 Å². The molecule has 1 aliphatic heterocycles. The zero-order valence-electron chi connectivity index (χ0n) is 8.01. The van der Waals surface area contributed by atoms with Crippen LogP contribution in [0.2, 0.25) is 0 Å². The fourth-order valence-electron chi connectivity index (χ4n) is 2.39. The average molecular weight is 188 g/mol. The molecule has 72 valence electrons.